The summed E-state index contributed by atoms with van der Waals surface area (Å²) in [5.74, 6) is 0. The van der Waals surface area contributed by atoms with Crippen molar-refractivity contribution in [1.29, 1.82) is 0 Å². The first-order valence-electron chi connectivity index (χ1n) is 7.41. The molecule has 0 aromatic carbocycles. The third-order valence-corrected chi connectivity index (χ3v) is 3.33. The van der Waals surface area contributed by atoms with E-state index in [4.69, 9.17) is 5.73 Å². The zero-order valence-corrected chi connectivity index (χ0v) is 12.0. The molecule has 0 radical (unpaired) electrons. The zero-order valence-electron chi connectivity index (χ0n) is 12.0. The number of hydrogen-bond donors (Lipinski definition) is 2. The summed E-state index contributed by atoms with van der Waals surface area (Å²) in [6, 6.07) is 6.01. The van der Waals surface area contributed by atoms with Crippen molar-refractivity contribution < 1.29 is 0 Å². The Morgan fingerprint density at radius 3 is 2.90 bits per heavy atom. The topological polar surface area (TPSA) is 54.2 Å². The minimum Gasteiger partial charge on any atom is -0.330 e. The highest BCUT2D eigenvalue weighted by Gasteiger charge is 2.12. The molecular formula is C16H24N4. The monoisotopic (exact) mass is 272 g/mol. The van der Waals surface area contributed by atoms with E-state index in [0.717, 1.165) is 37.4 Å². The number of nitrogens with one attached hydrogen (secondary N) is 1. The van der Waals surface area contributed by atoms with Crippen molar-refractivity contribution in [2.45, 2.75) is 25.7 Å². The Bertz CT molecular complexity index is 439. The molecule has 1 aliphatic heterocycles. The van der Waals surface area contributed by atoms with Gasteiger partial charge >= 0.3 is 0 Å². The van der Waals surface area contributed by atoms with E-state index in [9.17, 15) is 0 Å². The van der Waals surface area contributed by atoms with Crippen LogP contribution in [0.2, 0.25) is 0 Å². The molecule has 1 aromatic rings. The van der Waals surface area contributed by atoms with Crippen molar-refractivity contribution in [2.24, 2.45) is 5.73 Å². The summed E-state index contributed by atoms with van der Waals surface area (Å²) < 4.78 is 0. The van der Waals surface area contributed by atoms with Crippen molar-refractivity contribution in [3.05, 3.63) is 48.3 Å². The van der Waals surface area contributed by atoms with Crippen LogP contribution in [-0.4, -0.2) is 29.6 Å². The summed E-state index contributed by atoms with van der Waals surface area (Å²) in [5, 5.41) is 2.17. The molecule has 0 bridgehead atoms. The predicted octanol–water partition coefficient (Wildman–Crippen LogP) is 2.32. The molecule has 20 heavy (non-hydrogen) atoms. The number of hydrogen-bond acceptors (Lipinski definition) is 4. The van der Waals surface area contributed by atoms with Crippen LogP contribution >= 0.6 is 0 Å². The van der Waals surface area contributed by atoms with Crippen molar-refractivity contribution >= 4 is 5.70 Å². The number of hydrazine groups is 1. The van der Waals surface area contributed by atoms with Crippen LogP contribution in [0.5, 0.6) is 0 Å². The highest BCUT2D eigenvalue weighted by Crippen LogP contribution is 2.18. The first-order chi connectivity index (χ1) is 9.92. The normalized spacial score (nSPS) is 14.4. The first-order valence-corrected chi connectivity index (χ1v) is 7.41. The van der Waals surface area contributed by atoms with Gasteiger partial charge in [-0.1, -0.05) is 31.1 Å². The summed E-state index contributed by atoms with van der Waals surface area (Å²) in [7, 11) is 0. The second kappa shape index (κ2) is 8.51. The number of nitrogens with zero attached hydrogens (tertiary/aromatic N) is 2. The van der Waals surface area contributed by atoms with E-state index in [-0.39, 0.29) is 0 Å². The Hall–Kier alpha value is -1.65. The van der Waals surface area contributed by atoms with Crippen molar-refractivity contribution in [2.75, 3.05) is 19.6 Å². The Kier molecular flexibility index (Phi) is 6.27. The predicted molar refractivity (Wildman–Crippen MR) is 83.6 cm³/mol. The van der Waals surface area contributed by atoms with Crippen LogP contribution in [0.1, 0.15) is 31.4 Å². The van der Waals surface area contributed by atoms with E-state index in [0.29, 0.717) is 0 Å². The van der Waals surface area contributed by atoms with Crippen molar-refractivity contribution in [3.63, 3.8) is 0 Å². The smallest absolute Gasteiger partial charge is 0.0876 e. The minimum absolute atomic E-state index is 0.802. The van der Waals surface area contributed by atoms with Crippen LogP contribution in [0, 0.1) is 0 Å². The Morgan fingerprint density at radius 1 is 1.20 bits per heavy atom. The molecule has 0 aliphatic carbocycles. The van der Waals surface area contributed by atoms with E-state index in [2.05, 4.69) is 33.6 Å². The van der Waals surface area contributed by atoms with E-state index in [1.54, 1.807) is 0 Å². The maximum absolute atomic E-state index is 5.50. The summed E-state index contributed by atoms with van der Waals surface area (Å²) in [4.78, 5) is 4.42. The van der Waals surface area contributed by atoms with E-state index >= 15 is 0 Å². The quantitative estimate of drug-likeness (QED) is 0.713. The van der Waals surface area contributed by atoms with Gasteiger partial charge in [-0.25, -0.2) is 5.43 Å². The van der Waals surface area contributed by atoms with E-state index in [1.165, 1.54) is 19.3 Å². The lowest BCUT2D eigenvalue weighted by molar-refractivity contribution is 0.308. The highest BCUT2D eigenvalue weighted by atomic mass is 15.5. The first kappa shape index (κ1) is 14.8. The van der Waals surface area contributed by atoms with Crippen LogP contribution in [-0.2, 0) is 0 Å². The largest absolute Gasteiger partial charge is 0.330 e. The van der Waals surface area contributed by atoms with Crippen LogP contribution in [0.25, 0.3) is 5.70 Å². The molecular weight excluding hydrogens is 248 g/mol. The van der Waals surface area contributed by atoms with Gasteiger partial charge in [-0.3, -0.25) is 4.98 Å². The maximum atomic E-state index is 5.50. The number of rotatable bonds is 8. The second-order valence-electron chi connectivity index (χ2n) is 4.92. The fourth-order valence-corrected chi connectivity index (χ4v) is 2.24. The molecule has 0 unspecified atom stereocenters. The summed E-state index contributed by atoms with van der Waals surface area (Å²) in [5.41, 5.74) is 11.1. The summed E-state index contributed by atoms with van der Waals surface area (Å²) >= 11 is 0. The second-order valence-corrected chi connectivity index (χ2v) is 4.92. The molecule has 1 aliphatic rings. The lowest BCUT2D eigenvalue weighted by Gasteiger charge is -2.28. The Morgan fingerprint density at radius 2 is 2.10 bits per heavy atom. The molecule has 0 saturated heterocycles. The fourth-order valence-electron chi connectivity index (χ4n) is 2.24. The third kappa shape index (κ3) is 4.47. The van der Waals surface area contributed by atoms with Crippen LogP contribution in [0.4, 0.5) is 0 Å². The van der Waals surface area contributed by atoms with Crippen LogP contribution in [0.15, 0.2) is 42.6 Å². The Labute approximate surface area is 121 Å². The number of nitrogens with two attached hydrogens (primary N) is 1. The minimum atomic E-state index is 0.802. The zero-order chi connectivity index (χ0) is 14.0. The molecule has 0 amide bonds. The molecule has 2 heterocycles. The molecule has 0 saturated carbocycles. The fraction of sp³-hybridized carbons (Fsp3) is 0.438. The van der Waals surface area contributed by atoms with Gasteiger partial charge in [0.2, 0.25) is 0 Å². The lowest BCUT2D eigenvalue weighted by Crippen LogP contribution is -2.38. The standard InChI is InChI=1S/C16H24N4/c17-11-5-1-2-6-13-19-20-14-8-4-10-16(20)15-9-3-7-12-18-15/h3-4,7-10,12,19H,1-2,5-6,11,13-14,17H2. The third-order valence-electron chi connectivity index (χ3n) is 3.33. The van der Waals surface area contributed by atoms with Gasteiger partial charge in [0.15, 0.2) is 0 Å². The van der Waals surface area contributed by atoms with Crippen LogP contribution in [0.3, 0.4) is 0 Å². The van der Waals surface area contributed by atoms with Crippen molar-refractivity contribution in [1.82, 2.24) is 15.4 Å². The number of pyridine rings is 1. The van der Waals surface area contributed by atoms with Gasteiger partial charge in [0.1, 0.15) is 0 Å². The number of allylic oxidation sites excluding steroid dienone is 2. The Balaban J connectivity index is 1.82. The molecule has 0 fully saturated rings. The van der Waals surface area contributed by atoms with E-state index < -0.39 is 0 Å². The van der Waals surface area contributed by atoms with Gasteiger partial charge in [0.05, 0.1) is 17.9 Å². The highest BCUT2D eigenvalue weighted by molar-refractivity contribution is 5.63. The molecule has 1 aromatic heterocycles. The van der Waals surface area contributed by atoms with Gasteiger partial charge in [-0.2, -0.15) is 0 Å². The molecule has 4 heteroatoms. The van der Waals surface area contributed by atoms with E-state index in [1.807, 2.05) is 24.4 Å². The van der Waals surface area contributed by atoms with Gasteiger partial charge < -0.3 is 10.7 Å². The summed E-state index contributed by atoms with van der Waals surface area (Å²) in [6.07, 6.45) is 12.9. The number of aromatic nitrogens is 1. The van der Waals surface area contributed by atoms with Gasteiger partial charge in [-0.15, -0.1) is 0 Å². The molecule has 0 atom stereocenters. The van der Waals surface area contributed by atoms with Crippen LogP contribution < -0.4 is 11.2 Å². The van der Waals surface area contributed by atoms with Crippen molar-refractivity contribution in [3.8, 4) is 0 Å². The van der Waals surface area contributed by atoms with Gasteiger partial charge in [-0.05, 0) is 37.6 Å². The molecule has 2 rings (SSSR count). The average molecular weight is 272 g/mol. The molecule has 108 valence electrons. The molecule has 3 N–H and O–H groups in total. The SMILES string of the molecule is NCCCCCCNN1CC=CC=C1c1ccccn1. The number of unbranched alkanes of at least 4 members (excludes halogenated alkanes) is 3. The summed E-state index contributed by atoms with van der Waals surface area (Å²) in [6.45, 7) is 2.67. The van der Waals surface area contributed by atoms with Gasteiger partial charge in [0.25, 0.3) is 0 Å². The average Bonchev–Trinajstić information content (AvgIpc) is 2.52. The maximum Gasteiger partial charge on any atom is 0.0876 e. The lowest BCUT2D eigenvalue weighted by atomic mass is 10.2. The van der Waals surface area contributed by atoms with Gasteiger partial charge in [0, 0.05) is 12.7 Å². The molecule has 4 nitrogen and oxygen atoms in total. The molecule has 0 spiro atoms.